The van der Waals surface area contributed by atoms with Crippen molar-refractivity contribution in [2.75, 3.05) is 32.8 Å². The molecule has 0 saturated carbocycles. The molecule has 2 aromatic rings. The zero-order chi connectivity index (χ0) is 22.4. The van der Waals surface area contributed by atoms with Crippen LogP contribution in [0.5, 0.6) is 5.75 Å². The fourth-order valence-electron chi connectivity index (χ4n) is 4.72. The minimum Gasteiger partial charge on any atom is -0.493 e. The van der Waals surface area contributed by atoms with E-state index in [-0.39, 0.29) is 23.8 Å². The number of aryl methyl sites for hydroxylation is 1. The third-order valence-corrected chi connectivity index (χ3v) is 6.76. The number of para-hydroxylation sites is 1. The van der Waals surface area contributed by atoms with Crippen molar-refractivity contribution in [2.45, 2.75) is 52.0 Å². The predicted octanol–water partition coefficient (Wildman–Crippen LogP) is 3.28. The average Bonchev–Trinajstić information content (AvgIpc) is 3.24. The van der Waals surface area contributed by atoms with Crippen LogP contribution in [0, 0.1) is 12.3 Å². The molecule has 7 nitrogen and oxygen atoms in total. The smallest absolute Gasteiger partial charge is 0.244 e. The lowest BCUT2D eigenvalue weighted by molar-refractivity contribution is -0.139. The first-order chi connectivity index (χ1) is 15.5. The number of ether oxygens (including phenoxy) is 1. The summed E-state index contributed by atoms with van der Waals surface area (Å²) in [6.07, 6.45) is 9.06. The van der Waals surface area contributed by atoms with Gasteiger partial charge < -0.3 is 14.5 Å². The van der Waals surface area contributed by atoms with Crippen LogP contribution in [0.15, 0.2) is 42.7 Å². The van der Waals surface area contributed by atoms with Gasteiger partial charge in [0.2, 0.25) is 11.8 Å². The SMILES string of the molecule is Cc1cnn(CC(=O)N2CCC(COc3ccccc3)(CC(=O)N3CCCCC3)CC2)c1. The maximum atomic E-state index is 13.1. The highest BCUT2D eigenvalue weighted by Gasteiger charge is 2.39. The van der Waals surface area contributed by atoms with Crippen molar-refractivity contribution in [3.8, 4) is 5.75 Å². The first-order valence-electron chi connectivity index (χ1n) is 11.8. The fraction of sp³-hybridized carbons (Fsp3) is 0.560. The number of amides is 2. The predicted molar refractivity (Wildman–Crippen MR) is 122 cm³/mol. The number of carbonyl (C=O) groups excluding carboxylic acids is 2. The first kappa shape index (κ1) is 22.4. The largest absolute Gasteiger partial charge is 0.493 e. The molecule has 172 valence electrons. The number of rotatable bonds is 7. The molecule has 1 aromatic heterocycles. The molecule has 32 heavy (non-hydrogen) atoms. The molecule has 0 unspecified atom stereocenters. The normalized spacial score (nSPS) is 18.4. The molecule has 0 spiro atoms. The van der Waals surface area contributed by atoms with Gasteiger partial charge in [0.15, 0.2) is 0 Å². The summed E-state index contributed by atoms with van der Waals surface area (Å²) < 4.78 is 7.84. The van der Waals surface area contributed by atoms with E-state index in [0.29, 0.717) is 26.1 Å². The number of piperidine rings is 2. The molecule has 2 fully saturated rings. The highest BCUT2D eigenvalue weighted by atomic mass is 16.5. The van der Waals surface area contributed by atoms with Gasteiger partial charge in [-0.1, -0.05) is 18.2 Å². The van der Waals surface area contributed by atoms with E-state index in [4.69, 9.17) is 4.74 Å². The zero-order valence-corrected chi connectivity index (χ0v) is 19.0. The van der Waals surface area contributed by atoms with Gasteiger partial charge in [0.1, 0.15) is 12.3 Å². The lowest BCUT2D eigenvalue weighted by atomic mass is 9.75. The second-order valence-electron chi connectivity index (χ2n) is 9.32. The minimum absolute atomic E-state index is 0.0769. The highest BCUT2D eigenvalue weighted by molar-refractivity contribution is 5.78. The van der Waals surface area contributed by atoms with E-state index in [1.165, 1.54) is 6.42 Å². The van der Waals surface area contributed by atoms with Crippen molar-refractivity contribution in [2.24, 2.45) is 5.41 Å². The second kappa shape index (κ2) is 10.2. The molecular weight excluding hydrogens is 404 g/mol. The van der Waals surface area contributed by atoms with Gasteiger partial charge in [-0.25, -0.2) is 0 Å². The molecule has 0 N–H and O–H groups in total. The zero-order valence-electron chi connectivity index (χ0n) is 19.0. The standard InChI is InChI=1S/C25H34N4O3/c1-21-17-26-29(18-21)19-24(31)28-14-10-25(11-15-28,20-32-22-8-4-2-5-9-22)16-23(30)27-12-6-3-7-13-27/h2,4-5,8-9,17-18H,3,6-7,10-16,19-20H2,1H3. The van der Waals surface area contributed by atoms with Crippen LogP contribution in [0.4, 0.5) is 0 Å². The molecule has 2 amide bonds. The summed E-state index contributed by atoms with van der Waals surface area (Å²) in [4.78, 5) is 29.8. The molecule has 2 aliphatic heterocycles. The monoisotopic (exact) mass is 438 g/mol. The summed E-state index contributed by atoms with van der Waals surface area (Å²) >= 11 is 0. The van der Waals surface area contributed by atoms with E-state index in [1.807, 2.05) is 53.3 Å². The van der Waals surface area contributed by atoms with Crippen molar-refractivity contribution in [3.05, 3.63) is 48.3 Å². The molecule has 0 atom stereocenters. The molecule has 2 aliphatic rings. The fourth-order valence-corrected chi connectivity index (χ4v) is 4.72. The molecular formula is C25H34N4O3. The van der Waals surface area contributed by atoms with Gasteiger partial charge in [-0.05, 0) is 56.7 Å². The van der Waals surface area contributed by atoms with Crippen LogP contribution >= 0.6 is 0 Å². The van der Waals surface area contributed by atoms with Crippen molar-refractivity contribution >= 4 is 11.8 Å². The number of nitrogens with zero attached hydrogens (tertiary/aromatic N) is 4. The number of carbonyl (C=O) groups is 2. The first-order valence-corrected chi connectivity index (χ1v) is 11.8. The van der Waals surface area contributed by atoms with Crippen LogP contribution in [0.1, 0.15) is 44.1 Å². The summed E-state index contributed by atoms with van der Waals surface area (Å²) in [5.74, 6) is 1.13. The van der Waals surface area contributed by atoms with Gasteiger partial charge in [0.25, 0.3) is 0 Å². The Bertz CT molecular complexity index is 897. The third kappa shape index (κ3) is 5.69. The lowest BCUT2D eigenvalue weighted by Crippen LogP contribution is -2.49. The number of hydrogen-bond acceptors (Lipinski definition) is 4. The van der Waals surface area contributed by atoms with Gasteiger partial charge in [0.05, 0.1) is 12.8 Å². The summed E-state index contributed by atoms with van der Waals surface area (Å²) in [5.41, 5.74) is 0.799. The Balaban J connectivity index is 1.40. The minimum atomic E-state index is -0.247. The van der Waals surface area contributed by atoms with Crippen LogP contribution < -0.4 is 4.74 Å². The number of aromatic nitrogens is 2. The van der Waals surface area contributed by atoms with Crippen molar-refractivity contribution in [1.29, 1.82) is 0 Å². The topological polar surface area (TPSA) is 67.7 Å². The van der Waals surface area contributed by atoms with E-state index >= 15 is 0 Å². The van der Waals surface area contributed by atoms with E-state index in [2.05, 4.69) is 5.10 Å². The van der Waals surface area contributed by atoms with Crippen LogP contribution in [-0.4, -0.2) is 64.2 Å². The molecule has 3 heterocycles. The van der Waals surface area contributed by atoms with Crippen molar-refractivity contribution in [1.82, 2.24) is 19.6 Å². The van der Waals surface area contributed by atoms with Gasteiger partial charge in [-0.15, -0.1) is 0 Å². The summed E-state index contributed by atoms with van der Waals surface area (Å²) in [6, 6.07) is 9.78. The summed E-state index contributed by atoms with van der Waals surface area (Å²) in [7, 11) is 0. The molecule has 7 heteroatoms. The molecule has 0 aliphatic carbocycles. The van der Waals surface area contributed by atoms with Crippen molar-refractivity contribution in [3.63, 3.8) is 0 Å². The maximum Gasteiger partial charge on any atom is 0.244 e. The Hall–Kier alpha value is -2.83. The van der Waals surface area contributed by atoms with Gasteiger partial charge in [-0.3, -0.25) is 14.3 Å². The van der Waals surface area contributed by atoms with Crippen LogP contribution in [0.2, 0.25) is 0 Å². The lowest BCUT2D eigenvalue weighted by Gasteiger charge is -2.42. The van der Waals surface area contributed by atoms with E-state index in [9.17, 15) is 9.59 Å². The molecule has 2 saturated heterocycles. The second-order valence-corrected chi connectivity index (χ2v) is 9.32. The Labute approximate surface area is 190 Å². The average molecular weight is 439 g/mol. The molecule has 1 aromatic carbocycles. The van der Waals surface area contributed by atoms with E-state index in [0.717, 1.165) is 50.1 Å². The van der Waals surface area contributed by atoms with Gasteiger partial charge in [0, 0.05) is 44.2 Å². The summed E-state index contributed by atoms with van der Waals surface area (Å²) in [6.45, 7) is 5.74. The van der Waals surface area contributed by atoms with Crippen LogP contribution in [-0.2, 0) is 16.1 Å². The maximum absolute atomic E-state index is 13.1. The van der Waals surface area contributed by atoms with Gasteiger partial charge in [-0.2, -0.15) is 5.10 Å². The Kier molecular flexibility index (Phi) is 7.12. The van der Waals surface area contributed by atoms with E-state index in [1.54, 1.807) is 10.9 Å². The molecule has 0 radical (unpaired) electrons. The Morgan fingerprint density at radius 3 is 2.31 bits per heavy atom. The van der Waals surface area contributed by atoms with Crippen LogP contribution in [0.25, 0.3) is 0 Å². The summed E-state index contributed by atoms with van der Waals surface area (Å²) in [5, 5.41) is 4.23. The van der Waals surface area contributed by atoms with Crippen molar-refractivity contribution < 1.29 is 14.3 Å². The molecule has 4 rings (SSSR count). The van der Waals surface area contributed by atoms with E-state index < -0.39 is 0 Å². The third-order valence-electron chi connectivity index (χ3n) is 6.76. The van der Waals surface area contributed by atoms with Gasteiger partial charge >= 0.3 is 0 Å². The Morgan fingerprint density at radius 2 is 1.66 bits per heavy atom. The quantitative estimate of drug-likeness (QED) is 0.665. The number of likely N-dealkylation sites (tertiary alicyclic amines) is 2. The Morgan fingerprint density at radius 1 is 0.969 bits per heavy atom. The molecule has 0 bridgehead atoms. The van der Waals surface area contributed by atoms with Crippen LogP contribution in [0.3, 0.4) is 0 Å². The highest BCUT2D eigenvalue weighted by Crippen LogP contribution is 2.37. The number of hydrogen-bond donors (Lipinski definition) is 0. The number of benzene rings is 1.